The Morgan fingerprint density at radius 2 is 1.72 bits per heavy atom. The summed E-state index contributed by atoms with van der Waals surface area (Å²) in [7, 11) is -4.02. The van der Waals surface area contributed by atoms with Crippen molar-refractivity contribution in [3.05, 3.63) is 93.4 Å². The predicted molar refractivity (Wildman–Crippen MR) is 124 cm³/mol. The first-order valence-electron chi connectivity index (χ1n) is 9.63. The maximum atomic E-state index is 12.9. The van der Waals surface area contributed by atoms with Gasteiger partial charge in [-0.3, -0.25) is 9.52 Å². The molecule has 0 saturated carbocycles. The molecule has 32 heavy (non-hydrogen) atoms. The van der Waals surface area contributed by atoms with Crippen LogP contribution in [0.15, 0.2) is 76.4 Å². The number of para-hydroxylation sites is 1. The number of aromatic amines is 2. The molecule has 0 aliphatic rings. The molecule has 4 N–H and O–H groups in total. The molecule has 3 aromatic carbocycles. The van der Waals surface area contributed by atoms with Crippen molar-refractivity contribution in [3.8, 4) is 0 Å². The first-order valence-corrected chi connectivity index (χ1v) is 11.5. The number of carbonyl (C=O) groups excluding carboxylic acids is 1. The van der Waals surface area contributed by atoms with Crippen LogP contribution in [0.5, 0.6) is 0 Å². The van der Waals surface area contributed by atoms with E-state index in [1.165, 1.54) is 30.3 Å². The number of carbonyl (C=O) groups is 1. The highest BCUT2D eigenvalue weighted by atomic mass is 35.5. The van der Waals surface area contributed by atoms with E-state index in [-0.39, 0.29) is 22.2 Å². The third kappa shape index (κ3) is 4.53. The molecule has 1 atom stereocenters. The highest BCUT2D eigenvalue weighted by molar-refractivity contribution is 7.92. The molecule has 4 rings (SSSR count). The lowest BCUT2D eigenvalue weighted by atomic mass is 10.1. The Morgan fingerprint density at radius 1 is 0.969 bits per heavy atom. The van der Waals surface area contributed by atoms with Crippen LogP contribution in [0.25, 0.3) is 11.0 Å². The van der Waals surface area contributed by atoms with Crippen molar-refractivity contribution in [2.45, 2.75) is 17.9 Å². The molecule has 0 fully saturated rings. The number of benzene rings is 3. The standard InChI is InChI=1S/C22H19ClN4O4S/c1-13(14-5-4-6-15(23)11-14)24-21(28)17-7-2-3-8-18(17)27-32(30,31)16-9-10-19-20(12-16)26-22(29)25-19/h2-13,27H,1H3,(H,24,28)(H2,25,26,29). The molecule has 0 aliphatic heterocycles. The summed E-state index contributed by atoms with van der Waals surface area (Å²) in [5.41, 5.74) is 1.53. The van der Waals surface area contributed by atoms with Crippen LogP contribution in [0.2, 0.25) is 5.02 Å². The van der Waals surface area contributed by atoms with E-state index < -0.39 is 21.6 Å². The third-order valence-electron chi connectivity index (χ3n) is 4.91. The first-order chi connectivity index (χ1) is 15.2. The summed E-state index contributed by atoms with van der Waals surface area (Å²) in [5.74, 6) is -0.443. The number of anilines is 1. The van der Waals surface area contributed by atoms with Gasteiger partial charge in [0.2, 0.25) is 0 Å². The molecule has 1 aromatic heterocycles. The van der Waals surface area contributed by atoms with Crippen LogP contribution < -0.4 is 15.7 Å². The fourth-order valence-corrected chi connectivity index (χ4v) is 4.59. The second kappa shape index (κ2) is 8.52. The third-order valence-corrected chi connectivity index (χ3v) is 6.51. The van der Waals surface area contributed by atoms with Crippen LogP contribution in [0, 0.1) is 0 Å². The maximum Gasteiger partial charge on any atom is 0.323 e. The number of sulfonamides is 1. The number of hydrogen-bond donors (Lipinski definition) is 4. The number of fused-ring (bicyclic) bond motifs is 1. The fourth-order valence-electron chi connectivity index (χ4n) is 3.29. The number of H-pyrrole nitrogens is 2. The molecule has 10 heteroatoms. The van der Waals surface area contributed by atoms with E-state index in [4.69, 9.17) is 11.6 Å². The Labute approximate surface area is 188 Å². The van der Waals surface area contributed by atoms with Gasteiger partial charge in [0.15, 0.2) is 0 Å². The van der Waals surface area contributed by atoms with Gasteiger partial charge in [-0.1, -0.05) is 35.9 Å². The summed E-state index contributed by atoms with van der Waals surface area (Å²) in [6.45, 7) is 1.81. The number of imidazole rings is 1. The summed E-state index contributed by atoms with van der Waals surface area (Å²) in [4.78, 5) is 29.4. The van der Waals surface area contributed by atoms with Gasteiger partial charge in [0.1, 0.15) is 0 Å². The van der Waals surface area contributed by atoms with E-state index in [2.05, 4.69) is 20.0 Å². The molecule has 1 unspecified atom stereocenters. The number of amides is 1. The number of halogens is 1. The zero-order valence-electron chi connectivity index (χ0n) is 16.8. The summed E-state index contributed by atoms with van der Waals surface area (Å²) in [6, 6.07) is 17.3. The molecule has 1 amide bonds. The van der Waals surface area contributed by atoms with Crippen molar-refractivity contribution >= 4 is 44.3 Å². The van der Waals surface area contributed by atoms with Crippen molar-refractivity contribution in [2.75, 3.05) is 4.72 Å². The van der Waals surface area contributed by atoms with Gasteiger partial charge in [-0.15, -0.1) is 0 Å². The largest absolute Gasteiger partial charge is 0.345 e. The van der Waals surface area contributed by atoms with Gasteiger partial charge >= 0.3 is 5.69 Å². The predicted octanol–water partition coefficient (Wildman–Crippen LogP) is 3.80. The average Bonchev–Trinajstić information content (AvgIpc) is 3.13. The van der Waals surface area contributed by atoms with E-state index in [0.29, 0.717) is 16.1 Å². The number of aromatic nitrogens is 2. The van der Waals surface area contributed by atoms with Crippen molar-refractivity contribution in [1.29, 1.82) is 0 Å². The second-order valence-corrected chi connectivity index (χ2v) is 9.31. The zero-order chi connectivity index (χ0) is 22.9. The fraction of sp³-hybridized carbons (Fsp3) is 0.0909. The summed E-state index contributed by atoms with van der Waals surface area (Å²) in [6.07, 6.45) is 0. The highest BCUT2D eigenvalue weighted by Crippen LogP contribution is 2.23. The van der Waals surface area contributed by atoms with Gasteiger partial charge in [-0.05, 0) is 55.0 Å². The van der Waals surface area contributed by atoms with Crippen LogP contribution in [0.4, 0.5) is 5.69 Å². The molecule has 0 aliphatic carbocycles. The minimum atomic E-state index is -4.02. The van der Waals surface area contributed by atoms with Gasteiger partial charge < -0.3 is 15.3 Å². The van der Waals surface area contributed by atoms with Crippen LogP contribution in [0.3, 0.4) is 0 Å². The molecule has 0 radical (unpaired) electrons. The molecule has 164 valence electrons. The molecule has 0 spiro atoms. The lowest BCUT2D eigenvalue weighted by Gasteiger charge is -2.17. The lowest BCUT2D eigenvalue weighted by Crippen LogP contribution is -2.28. The van der Waals surface area contributed by atoms with Crippen molar-refractivity contribution < 1.29 is 13.2 Å². The van der Waals surface area contributed by atoms with E-state index in [0.717, 1.165) is 5.56 Å². The normalized spacial score (nSPS) is 12.4. The van der Waals surface area contributed by atoms with Crippen LogP contribution >= 0.6 is 11.6 Å². The zero-order valence-corrected chi connectivity index (χ0v) is 18.4. The maximum absolute atomic E-state index is 12.9. The minimum absolute atomic E-state index is 0.0530. The average molecular weight is 471 g/mol. The molecular weight excluding hydrogens is 452 g/mol. The van der Waals surface area contributed by atoms with Gasteiger partial charge in [-0.25, -0.2) is 13.2 Å². The minimum Gasteiger partial charge on any atom is -0.345 e. The molecule has 0 bridgehead atoms. The summed E-state index contributed by atoms with van der Waals surface area (Å²) >= 11 is 6.03. The quantitative estimate of drug-likeness (QED) is 0.342. The van der Waals surface area contributed by atoms with Crippen molar-refractivity contribution in [1.82, 2.24) is 15.3 Å². The molecule has 4 aromatic rings. The Bertz CT molecular complexity index is 1480. The topological polar surface area (TPSA) is 124 Å². The van der Waals surface area contributed by atoms with Crippen LogP contribution in [-0.4, -0.2) is 24.3 Å². The number of hydrogen-bond acceptors (Lipinski definition) is 4. The SMILES string of the molecule is CC(NC(=O)c1ccccc1NS(=O)(=O)c1ccc2[nH]c(=O)[nH]c2c1)c1cccc(Cl)c1. The molecule has 1 heterocycles. The molecular formula is C22H19ClN4O4S. The Morgan fingerprint density at radius 3 is 2.50 bits per heavy atom. The Kier molecular flexibility index (Phi) is 5.77. The lowest BCUT2D eigenvalue weighted by molar-refractivity contribution is 0.0941. The van der Waals surface area contributed by atoms with Gasteiger partial charge in [-0.2, -0.15) is 0 Å². The monoisotopic (exact) mass is 470 g/mol. The number of rotatable bonds is 6. The van der Waals surface area contributed by atoms with E-state index in [9.17, 15) is 18.0 Å². The van der Waals surface area contributed by atoms with Gasteiger partial charge in [0.05, 0.1) is 33.2 Å². The van der Waals surface area contributed by atoms with Crippen molar-refractivity contribution in [2.24, 2.45) is 0 Å². The van der Waals surface area contributed by atoms with E-state index in [1.54, 1.807) is 30.3 Å². The van der Waals surface area contributed by atoms with Crippen molar-refractivity contribution in [3.63, 3.8) is 0 Å². The smallest absolute Gasteiger partial charge is 0.323 e. The summed E-state index contributed by atoms with van der Waals surface area (Å²) < 4.78 is 28.4. The van der Waals surface area contributed by atoms with Crippen LogP contribution in [-0.2, 0) is 10.0 Å². The Balaban J connectivity index is 1.59. The molecule has 0 saturated heterocycles. The van der Waals surface area contributed by atoms with E-state index >= 15 is 0 Å². The number of nitrogens with one attached hydrogen (secondary N) is 4. The first kappa shape index (κ1) is 21.7. The molecule has 8 nitrogen and oxygen atoms in total. The Hall–Kier alpha value is -3.56. The second-order valence-electron chi connectivity index (χ2n) is 7.19. The van der Waals surface area contributed by atoms with Crippen LogP contribution in [0.1, 0.15) is 28.9 Å². The van der Waals surface area contributed by atoms with Gasteiger partial charge in [0, 0.05) is 5.02 Å². The highest BCUT2D eigenvalue weighted by Gasteiger charge is 2.20. The summed E-state index contributed by atoms with van der Waals surface area (Å²) in [5, 5.41) is 3.41. The van der Waals surface area contributed by atoms with Gasteiger partial charge in [0.25, 0.3) is 15.9 Å². The van der Waals surface area contributed by atoms with E-state index in [1.807, 2.05) is 13.0 Å².